The molecular formula is C38H44N2O7SSi. The first-order chi connectivity index (χ1) is 23.4. The molecule has 5 aromatic rings. The summed E-state index contributed by atoms with van der Waals surface area (Å²) in [5.74, 6) is 1.47. The van der Waals surface area contributed by atoms with Gasteiger partial charge in [0.15, 0.2) is 14.5 Å². The predicted molar refractivity (Wildman–Crippen MR) is 196 cm³/mol. The average Bonchev–Trinajstić information content (AvgIpc) is 3.73. The highest BCUT2D eigenvalue weighted by Gasteiger charge is 2.47. The number of fused-ring (bicyclic) bond motifs is 1. The summed E-state index contributed by atoms with van der Waals surface area (Å²) in [7, 11) is 0.973. The van der Waals surface area contributed by atoms with Gasteiger partial charge in [-0.15, -0.1) is 11.3 Å². The van der Waals surface area contributed by atoms with Crippen LogP contribution in [0.3, 0.4) is 0 Å². The molecule has 3 atom stereocenters. The topological polar surface area (TPSA) is 101 Å². The standard InChI is InChI=1S/C38H44N2O7SSi/c1-37(2,3)49(6,7)47-32-23-30(46-35(32)40-31-21-22-48-33(31)34(41)39-36(40)42)24-45-38(25-11-9-8-10-12-25,26-13-17-28(43-4)18-14-26)27-15-19-29(44-5)20-16-27/h8-22,30,32,35H,23-24H2,1-7H3,(H,39,41,42)/t30-,32-,35-/m1/s1. The number of benzene rings is 3. The Morgan fingerprint density at radius 3 is 1.98 bits per heavy atom. The Morgan fingerprint density at radius 1 is 0.857 bits per heavy atom. The Balaban J connectivity index is 1.43. The minimum absolute atomic E-state index is 0.0784. The van der Waals surface area contributed by atoms with Crippen molar-refractivity contribution in [2.45, 2.75) is 69.4 Å². The van der Waals surface area contributed by atoms with E-state index >= 15 is 0 Å². The fourth-order valence-electron chi connectivity index (χ4n) is 6.24. The predicted octanol–water partition coefficient (Wildman–Crippen LogP) is 7.46. The summed E-state index contributed by atoms with van der Waals surface area (Å²) in [6, 6.07) is 27.7. The summed E-state index contributed by atoms with van der Waals surface area (Å²) in [5, 5.41) is 1.73. The minimum atomic E-state index is -2.32. The number of thiophene rings is 1. The molecule has 0 spiro atoms. The molecular weight excluding hydrogens is 657 g/mol. The van der Waals surface area contributed by atoms with Crippen LogP contribution in [0.25, 0.3) is 10.2 Å². The van der Waals surface area contributed by atoms with Crippen LogP contribution in [0.15, 0.2) is 99.9 Å². The van der Waals surface area contributed by atoms with Gasteiger partial charge in [0.1, 0.15) is 21.8 Å². The zero-order valence-electron chi connectivity index (χ0n) is 29.0. The number of H-pyrrole nitrogens is 1. The van der Waals surface area contributed by atoms with Crippen molar-refractivity contribution in [2.24, 2.45) is 0 Å². The van der Waals surface area contributed by atoms with Crippen molar-refractivity contribution in [1.29, 1.82) is 0 Å². The van der Waals surface area contributed by atoms with Crippen molar-refractivity contribution < 1.29 is 23.4 Å². The number of nitrogens with zero attached hydrogens (tertiary/aromatic N) is 1. The lowest BCUT2D eigenvalue weighted by Crippen LogP contribution is -2.46. The van der Waals surface area contributed by atoms with Crippen molar-refractivity contribution in [3.8, 4) is 11.5 Å². The molecule has 11 heteroatoms. The zero-order valence-corrected chi connectivity index (χ0v) is 30.8. The Bertz CT molecular complexity index is 1950. The van der Waals surface area contributed by atoms with Crippen molar-refractivity contribution in [3.05, 3.63) is 128 Å². The van der Waals surface area contributed by atoms with E-state index in [1.54, 1.807) is 24.9 Å². The molecule has 2 aromatic heterocycles. The Hall–Kier alpha value is -4.00. The van der Waals surface area contributed by atoms with Gasteiger partial charge in [0.25, 0.3) is 5.56 Å². The van der Waals surface area contributed by atoms with E-state index in [2.05, 4.69) is 51.0 Å². The molecule has 3 heterocycles. The second-order valence-corrected chi connectivity index (χ2v) is 19.6. The van der Waals surface area contributed by atoms with Crippen molar-refractivity contribution >= 4 is 29.9 Å². The van der Waals surface area contributed by atoms with Crippen LogP contribution >= 0.6 is 11.3 Å². The molecule has 1 aliphatic rings. The van der Waals surface area contributed by atoms with Gasteiger partial charge in [0.05, 0.1) is 38.6 Å². The third kappa shape index (κ3) is 6.65. The Kier molecular flexibility index (Phi) is 9.76. The number of aromatic amines is 1. The molecule has 49 heavy (non-hydrogen) atoms. The number of hydrogen-bond acceptors (Lipinski definition) is 8. The van der Waals surface area contributed by atoms with Crippen LogP contribution in [0.2, 0.25) is 18.1 Å². The normalized spacial score (nSPS) is 18.6. The maximum atomic E-state index is 13.5. The lowest BCUT2D eigenvalue weighted by molar-refractivity contribution is -0.0850. The zero-order chi connectivity index (χ0) is 35.0. The quantitative estimate of drug-likeness (QED) is 0.113. The molecule has 0 unspecified atom stereocenters. The fourth-order valence-corrected chi connectivity index (χ4v) is 8.34. The van der Waals surface area contributed by atoms with Gasteiger partial charge in [-0.3, -0.25) is 14.3 Å². The highest BCUT2D eigenvalue weighted by molar-refractivity contribution is 7.17. The van der Waals surface area contributed by atoms with E-state index in [4.69, 9.17) is 23.4 Å². The summed E-state index contributed by atoms with van der Waals surface area (Å²) in [6.45, 7) is 11.1. The molecule has 0 bridgehead atoms. The summed E-state index contributed by atoms with van der Waals surface area (Å²) in [6.07, 6.45) is -1.16. The maximum absolute atomic E-state index is 13.5. The molecule has 1 aliphatic heterocycles. The number of nitrogens with one attached hydrogen (secondary N) is 1. The van der Waals surface area contributed by atoms with Crippen LogP contribution in [0.5, 0.6) is 11.5 Å². The van der Waals surface area contributed by atoms with Gasteiger partial charge in [-0.05, 0) is 70.5 Å². The van der Waals surface area contributed by atoms with Gasteiger partial charge in [-0.1, -0.05) is 75.4 Å². The molecule has 0 saturated carbocycles. The molecule has 1 fully saturated rings. The summed E-state index contributed by atoms with van der Waals surface area (Å²) in [5.41, 5.74) is 1.32. The van der Waals surface area contributed by atoms with Crippen LogP contribution in [0.4, 0.5) is 0 Å². The van der Waals surface area contributed by atoms with E-state index in [1.165, 1.54) is 11.3 Å². The van der Waals surface area contributed by atoms with E-state index in [9.17, 15) is 9.59 Å². The average molecular weight is 701 g/mol. The summed E-state index contributed by atoms with van der Waals surface area (Å²) >= 11 is 1.29. The smallest absolute Gasteiger partial charge is 0.331 e. The molecule has 1 N–H and O–H groups in total. The van der Waals surface area contributed by atoms with Gasteiger partial charge in [-0.25, -0.2) is 4.79 Å². The van der Waals surface area contributed by atoms with Gasteiger partial charge in [-0.2, -0.15) is 0 Å². The lowest BCUT2D eigenvalue weighted by atomic mass is 9.80. The number of hydrogen-bond donors (Lipinski definition) is 1. The van der Waals surface area contributed by atoms with E-state index in [-0.39, 0.29) is 11.6 Å². The minimum Gasteiger partial charge on any atom is -0.497 e. The highest BCUT2D eigenvalue weighted by Crippen LogP contribution is 2.45. The lowest BCUT2D eigenvalue weighted by Gasteiger charge is -2.39. The van der Waals surface area contributed by atoms with Crippen molar-refractivity contribution in [1.82, 2.24) is 9.55 Å². The Morgan fingerprint density at radius 2 is 1.43 bits per heavy atom. The first-order valence-electron chi connectivity index (χ1n) is 16.4. The molecule has 0 radical (unpaired) electrons. The molecule has 6 rings (SSSR count). The van der Waals surface area contributed by atoms with Crippen LogP contribution < -0.4 is 20.7 Å². The molecule has 3 aromatic carbocycles. The number of rotatable bonds is 11. The van der Waals surface area contributed by atoms with Gasteiger partial charge in [0.2, 0.25) is 0 Å². The molecule has 9 nitrogen and oxygen atoms in total. The molecule has 0 amide bonds. The summed E-state index contributed by atoms with van der Waals surface area (Å²) in [4.78, 5) is 28.6. The fraction of sp³-hybridized carbons (Fsp3) is 0.368. The third-order valence-electron chi connectivity index (χ3n) is 9.86. The second kappa shape index (κ2) is 13.7. The molecule has 1 saturated heterocycles. The van der Waals surface area contributed by atoms with Crippen molar-refractivity contribution in [3.63, 3.8) is 0 Å². The van der Waals surface area contributed by atoms with Gasteiger partial charge in [0, 0.05) is 6.42 Å². The highest BCUT2D eigenvalue weighted by atomic mass is 32.1. The van der Waals surface area contributed by atoms with Gasteiger partial charge >= 0.3 is 5.69 Å². The molecule has 0 aliphatic carbocycles. The third-order valence-corrected chi connectivity index (χ3v) is 15.3. The van der Waals surface area contributed by atoms with E-state index < -0.39 is 43.6 Å². The summed E-state index contributed by atoms with van der Waals surface area (Å²) < 4.78 is 33.9. The maximum Gasteiger partial charge on any atom is 0.331 e. The number of methoxy groups -OCH3 is 2. The second-order valence-electron chi connectivity index (χ2n) is 13.9. The molecule has 258 valence electrons. The first kappa shape index (κ1) is 34.8. The Labute approximate surface area is 291 Å². The SMILES string of the molecule is COc1ccc(C(OC[C@H]2C[C@@H](O[Si](C)(C)C(C)(C)C)[C@H](n3c(=O)[nH]c(=O)c4sccc43)O2)(c2ccccc2)c2ccc(OC)cc2)cc1. The van der Waals surface area contributed by atoms with Gasteiger partial charge < -0.3 is 23.4 Å². The first-order valence-corrected chi connectivity index (χ1v) is 20.2. The number of ether oxygens (including phenoxy) is 4. The monoisotopic (exact) mass is 700 g/mol. The van der Waals surface area contributed by atoms with Crippen LogP contribution in [0, 0.1) is 0 Å². The van der Waals surface area contributed by atoms with Crippen LogP contribution in [0.1, 0.15) is 50.1 Å². The van der Waals surface area contributed by atoms with E-state index in [0.29, 0.717) is 16.6 Å². The van der Waals surface area contributed by atoms with Crippen LogP contribution in [-0.4, -0.2) is 50.9 Å². The largest absolute Gasteiger partial charge is 0.497 e. The van der Waals surface area contributed by atoms with Crippen molar-refractivity contribution in [2.75, 3.05) is 20.8 Å². The van der Waals surface area contributed by atoms with Crippen LogP contribution in [-0.2, 0) is 19.5 Å². The van der Waals surface area contributed by atoms with E-state index in [1.807, 2.05) is 72.1 Å². The number of aromatic nitrogens is 2. The van der Waals surface area contributed by atoms with E-state index in [0.717, 1.165) is 28.2 Å².